The Balaban J connectivity index is 2.35. The van der Waals surface area contributed by atoms with Crippen LogP contribution in [0.1, 0.15) is 30.6 Å². The molecule has 7 nitrogen and oxygen atoms in total. The second kappa shape index (κ2) is 9.54. The van der Waals surface area contributed by atoms with Crippen LogP contribution >= 0.6 is 0 Å². The van der Waals surface area contributed by atoms with Gasteiger partial charge in [-0.25, -0.2) is 9.59 Å². The average Bonchev–Trinajstić information content (AvgIpc) is 2.52. The maximum Gasteiger partial charge on any atom is 0.338 e. The Morgan fingerprint density at radius 3 is 2.29 bits per heavy atom. The lowest BCUT2D eigenvalue weighted by molar-refractivity contribution is -0.123. The van der Waals surface area contributed by atoms with Gasteiger partial charge in [0.25, 0.3) is 5.91 Å². The number of hydrogen-bond acceptors (Lipinski definition) is 5. The van der Waals surface area contributed by atoms with E-state index in [4.69, 9.17) is 4.74 Å². The summed E-state index contributed by atoms with van der Waals surface area (Å²) >= 11 is 0. The highest BCUT2D eigenvalue weighted by Gasteiger charge is 2.12. The molecule has 2 N–H and O–H groups in total. The molecule has 132 valence electrons. The van der Waals surface area contributed by atoms with Gasteiger partial charge in [-0.2, -0.15) is 0 Å². The van der Waals surface area contributed by atoms with Crippen LogP contribution in [-0.4, -0.2) is 45.2 Å². The molecule has 0 aromatic heterocycles. The summed E-state index contributed by atoms with van der Waals surface area (Å²) in [5.41, 5.74) is 1.29. The number of carbonyl (C=O) groups excluding carboxylic acids is 3. The Morgan fingerprint density at radius 2 is 1.75 bits per heavy atom. The van der Waals surface area contributed by atoms with Crippen molar-refractivity contribution < 1.29 is 19.1 Å². The third-order valence-corrected chi connectivity index (χ3v) is 3.21. The molecule has 24 heavy (non-hydrogen) atoms. The van der Waals surface area contributed by atoms with Crippen molar-refractivity contribution in [2.45, 2.75) is 20.3 Å². The van der Waals surface area contributed by atoms with Gasteiger partial charge in [0, 0.05) is 26.3 Å². The summed E-state index contributed by atoms with van der Waals surface area (Å²) in [5.74, 6) is -0.827. The van der Waals surface area contributed by atoms with Gasteiger partial charge in [0.1, 0.15) is 0 Å². The first-order valence-electron chi connectivity index (χ1n) is 7.81. The second-order valence-electron chi connectivity index (χ2n) is 6.00. The minimum atomic E-state index is -0.671. The van der Waals surface area contributed by atoms with Crippen LogP contribution < -0.4 is 15.5 Å². The van der Waals surface area contributed by atoms with Gasteiger partial charge < -0.3 is 15.0 Å². The first-order valence-corrected chi connectivity index (χ1v) is 7.81. The Labute approximate surface area is 142 Å². The van der Waals surface area contributed by atoms with Gasteiger partial charge in [0.15, 0.2) is 6.61 Å². The van der Waals surface area contributed by atoms with Crippen LogP contribution in [0.3, 0.4) is 0 Å². The summed E-state index contributed by atoms with van der Waals surface area (Å²) in [6.07, 6.45) is 0.819. The molecule has 0 saturated carbocycles. The number of benzene rings is 1. The summed E-state index contributed by atoms with van der Waals surface area (Å²) in [7, 11) is 3.79. The normalized spacial score (nSPS) is 10.2. The molecule has 0 aliphatic rings. The molecule has 0 saturated heterocycles. The standard InChI is InChI=1S/C17H25N3O4/c1-12(2)9-10-18-17(23)19-15(21)11-24-16(22)13-5-7-14(8-6-13)20(3)4/h5-8,12H,9-11H2,1-4H3,(H2,18,19,21,23). The smallest absolute Gasteiger partial charge is 0.338 e. The zero-order chi connectivity index (χ0) is 18.1. The number of imide groups is 1. The van der Waals surface area contributed by atoms with E-state index >= 15 is 0 Å². The molecular weight excluding hydrogens is 310 g/mol. The van der Waals surface area contributed by atoms with E-state index in [0.717, 1.165) is 12.1 Å². The van der Waals surface area contributed by atoms with Crippen LogP contribution in [0, 0.1) is 5.92 Å². The number of esters is 1. The maximum absolute atomic E-state index is 11.8. The van der Waals surface area contributed by atoms with Gasteiger partial charge >= 0.3 is 12.0 Å². The van der Waals surface area contributed by atoms with E-state index < -0.39 is 24.5 Å². The van der Waals surface area contributed by atoms with E-state index in [-0.39, 0.29) is 0 Å². The van der Waals surface area contributed by atoms with E-state index in [1.165, 1.54) is 0 Å². The maximum atomic E-state index is 11.8. The monoisotopic (exact) mass is 335 g/mol. The number of hydrogen-bond donors (Lipinski definition) is 2. The molecule has 0 aliphatic carbocycles. The molecule has 0 bridgehead atoms. The SMILES string of the molecule is CC(C)CCNC(=O)NC(=O)COC(=O)c1ccc(N(C)C)cc1. The largest absolute Gasteiger partial charge is 0.452 e. The Kier molecular flexibility index (Phi) is 7.74. The van der Waals surface area contributed by atoms with E-state index in [2.05, 4.69) is 10.6 Å². The lowest BCUT2D eigenvalue weighted by Crippen LogP contribution is -2.41. The molecule has 0 heterocycles. The number of ether oxygens (including phenoxy) is 1. The molecule has 0 radical (unpaired) electrons. The van der Waals surface area contributed by atoms with Gasteiger partial charge in [0.2, 0.25) is 0 Å². The Hall–Kier alpha value is -2.57. The first kappa shape index (κ1) is 19.5. The van der Waals surface area contributed by atoms with Crippen molar-refractivity contribution in [1.29, 1.82) is 0 Å². The Morgan fingerprint density at radius 1 is 1.12 bits per heavy atom. The minimum absolute atomic E-state index is 0.342. The van der Waals surface area contributed by atoms with Crippen LogP contribution in [0.4, 0.5) is 10.5 Å². The van der Waals surface area contributed by atoms with Crippen molar-refractivity contribution >= 4 is 23.6 Å². The van der Waals surface area contributed by atoms with Crippen molar-refractivity contribution in [2.24, 2.45) is 5.92 Å². The molecule has 0 spiro atoms. The zero-order valence-electron chi connectivity index (χ0n) is 14.6. The van der Waals surface area contributed by atoms with Crippen LogP contribution in [0.5, 0.6) is 0 Å². The average molecular weight is 335 g/mol. The van der Waals surface area contributed by atoms with Gasteiger partial charge in [-0.05, 0) is 36.6 Å². The van der Waals surface area contributed by atoms with Crippen molar-refractivity contribution in [2.75, 3.05) is 32.1 Å². The van der Waals surface area contributed by atoms with E-state index in [1.54, 1.807) is 24.3 Å². The highest BCUT2D eigenvalue weighted by atomic mass is 16.5. The topological polar surface area (TPSA) is 87.7 Å². The number of carbonyl (C=O) groups is 3. The number of nitrogens with one attached hydrogen (secondary N) is 2. The molecule has 3 amide bonds. The van der Waals surface area contributed by atoms with Gasteiger partial charge in [-0.1, -0.05) is 13.8 Å². The lowest BCUT2D eigenvalue weighted by Gasteiger charge is -2.12. The fourth-order valence-electron chi connectivity index (χ4n) is 1.79. The van der Waals surface area contributed by atoms with Gasteiger partial charge in [-0.15, -0.1) is 0 Å². The summed E-state index contributed by atoms with van der Waals surface area (Å²) < 4.78 is 4.89. The highest BCUT2D eigenvalue weighted by Crippen LogP contribution is 2.12. The predicted octanol–water partition coefficient (Wildman–Crippen LogP) is 1.78. The van der Waals surface area contributed by atoms with Crippen molar-refractivity contribution in [3.8, 4) is 0 Å². The van der Waals surface area contributed by atoms with Crippen LogP contribution in [-0.2, 0) is 9.53 Å². The summed E-state index contributed by atoms with van der Waals surface area (Å²) in [4.78, 5) is 36.8. The first-order chi connectivity index (χ1) is 11.3. The van der Waals surface area contributed by atoms with Gasteiger partial charge in [0.05, 0.1) is 5.56 Å². The fraction of sp³-hybridized carbons (Fsp3) is 0.471. The molecule has 1 aromatic carbocycles. The van der Waals surface area contributed by atoms with E-state index in [9.17, 15) is 14.4 Å². The lowest BCUT2D eigenvalue weighted by atomic mass is 10.1. The third-order valence-electron chi connectivity index (χ3n) is 3.21. The van der Waals surface area contributed by atoms with Crippen LogP contribution in [0.2, 0.25) is 0 Å². The molecule has 1 aromatic rings. The summed E-state index contributed by atoms with van der Waals surface area (Å²) in [6, 6.07) is 6.20. The van der Waals surface area contributed by atoms with Crippen molar-refractivity contribution in [3.05, 3.63) is 29.8 Å². The Bertz CT molecular complexity index is 568. The zero-order valence-corrected chi connectivity index (χ0v) is 14.6. The molecule has 1 rings (SSSR count). The summed E-state index contributed by atoms with van der Waals surface area (Å²) in [6.45, 7) is 4.05. The minimum Gasteiger partial charge on any atom is -0.452 e. The quantitative estimate of drug-likeness (QED) is 0.742. The second-order valence-corrected chi connectivity index (χ2v) is 6.00. The van der Waals surface area contributed by atoms with E-state index in [0.29, 0.717) is 18.0 Å². The molecule has 0 fully saturated rings. The number of amides is 3. The van der Waals surface area contributed by atoms with Crippen molar-refractivity contribution in [1.82, 2.24) is 10.6 Å². The predicted molar refractivity (Wildman–Crippen MR) is 92.0 cm³/mol. The number of anilines is 1. The number of urea groups is 1. The molecule has 0 unspecified atom stereocenters. The van der Waals surface area contributed by atoms with Crippen molar-refractivity contribution in [3.63, 3.8) is 0 Å². The summed E-state index contributed by atoms with van der Waals surface area (Å²) in [5, 5.41) is 4.68. The van der Waals surface area contributed by atoms with E-state index in [1.807, 2.05) is 32.8 Å². The molecular formula is C17H25N3O4. The van der Waals surface area contributed by atoms with Crippen LogP contribution in [0.15, 0.2) is 24.3 Å². The molecule has 0 atom stereocenters. The molecule has 7 heteroatoms. The third kappa shape index (κ3) is 7.13. The fourth-order valence-corrected chi connectivity index (χ4v) is 1.79. The van der Waals surface area contributed by atoms with Gasteiger partial charge in [-0.3, -0.25) is 10.1 Å². The van der Waals surface area contributed by atoms with Crippen LogP contribution in [0.25, 0.3) is 0 Å². The molecule has 0 aliphatic heterocycles. The highest BCUT2D eigenvalue weighted by molar-refractivity contribution is 5.97. The number of nitrogens with zero attached hydrogens (tertiary/aromatic N) is 1. The number of rotatable bonds is 7.